The first-order chi connectivity index (χ1) is 10.3. The van der Waals surface area contributed by atoms with Crippen LogP contribution < -0.4 is 10.1 Å². The maximum Gasteiger partial charge on any atom is 0.136 e. The Bertz CT molecular complexity index is 750. The topological polar surface area (TPSA) is 34.1 Å². The quantitative estimate of drug-likeness (QED) is 0.772. The highest BCUT2D eigenvalue weighted by molar-refractivity contribution is 5.85. The second-order valence-electron chi connectivity index (χ2n) is 4.98. The van der Waals surface area contributed by atoms with Gasteiger partial charge in [0, 0.05) is 23.2 Å². The fourth-order valence-electron chi connectivity index (χ4n) is 2.37. The van der Waals surface area contributed by atoms with Gasteiger partial charge in [-0.25, -0.2) is 0 Å². The number of rotatable bonds is 4. The number of aromatic nitrogens is 1. The molecule has 0 saturated carbocycles. The summed E-state index contributed by atoms with van der Waals surface area (Å²) in [5, 5.41) is 4.27. The molecule has 3 heteroatoms. The summed E-state index contributed by atoms with van der Waals surface area (Å²) >= 11 is 0. The number of nitrogens with one attached hydrogen (secondary N) is 1. The SMILES string of the molecule is CNC(C)c1ccccc1Oc1cccc2ncccc12. The van der Waals surface area contributed by atoms with Gasteiger partial charge < -0.3 is 10.1 Å². The summed E-state index contributed by atoms with van der Waals surface area (Å²) in [7, 11) is 1.95. The van der Waals surface area contributed by atoms with Crippen molar-refractivity contribution in [2.24, 2.45) is 0 Å². The Kier molecular flexibility index (Phi) is 3.84. The van der Waals surface area contributed by atoms with Crippen molar-refractivity contribution in [3.63, 3.8) is 0 Å². The summed E-state index contributed by atoms with van der Waals surface area (Å²) in [5.74, 6) is 1.70. The third-order valence-electron chi connectivity index (χ3n) is 3.64. The number of benzene rings is 2. The summed E-state index contributed by atoms with van der Waals surface area (Å²) in [6.07, 6.45) is 1.79. The molecular weight excluding hydrogens is 260 g/mol. The fraction of sp³-hybridized carbons (Fsp3) is 0.167. The molecule has 1 heterocycles. The highest BCUT2D eigenvalue weighted by Gasteiger charge is 2.11. The van der Waals surface area contributed by atoms with Crippen molar-refractivity contribution in [1.82, 2.24) is 10.3 Å². The van der Waals surface area contributed by atoms with E-state index in [1.807, 2.05) is 55.6 Å². The van der Waals surface area contributed by atoms with E-state index in [1.54, 1.807) is 6.20 Å². The number of pyridine rings is 1. The van der Waals surface area contributed by atoms with Gasteiger partial charge >= 0.3 is 0 Å². The molecule has 1 N–H and O–H groups in total. The Hall–Kier alpha value is -2.39. The molecule has 21 heavy (non-hydrogen) atoms. The van der Waals surface area contributed by atoms with Crippen LogP contribution in [0.2, 0.25) is 0 Å². The summed E-state index contributed by atoms with van der Waals surface area (Å²) in [4.78, 5) is 4.36. The van der Waals surface area contributed by atoms with Gasteiger partial charge in [-0.15, -0.1) is 0 Å². The van der Waals surface area contributed by atoms with E-state index in [-0.39, 0.29) is 6.04 Å². The van der Waals surface area contributed by atoms with Crippen LogP contribution in [0.1, 0.15) is 18.5 Å². The molecule has 0 bridgehead atoms. The van der Waals surface area contributed by atoms with Gasteiger partial charge in [0.05, 0.1) is 5.52 Å². The van der Waals surface area contributed by atoms with Crippen molar-refractivity contribution in [2.45, 2.75) is 13.0 Å². The minimum atomic E-state index is 0.231. The van der Waals surface area contributed by atoms with E-state index in [9.17, 15) is 0 Å². The predicted molar refractivity (Wildman–Crippen MR) is 85.7 cm³/mol. The lowest BCUT2D eigenvalue weighted by Crippen LogP contribution is -2.13. The number of nitrogens with zero attached hydrogens (tertiary/aromatic N) is 1. The van der Waals surface area contributed by atoms with Crippen LogP contribution in [0.5, 0.6) is 11.5 Å². The Labute approximate surface area is 124 Å². The van der Waals surface area contributed by atoms with Crippen LogP contribution >= 0.6 is 0 Å². The van der Waals surface area contributed by atoms with E-state index in [1.165, 1.54) is 0 Å². The number of fused-ring (bicyclic) bond motifs is 1. The van der Waals surface area contributed by atoms with E-state index in [0.29, 0.717) is 0 Å². The zero-order valence-electron chi connectivity index (χ0n) is 12.2. The van der Waals surface area contributed by atoms with E-state index in [2.05, 4.69) is 23.3 Å². The van der Waals surface area contributed by atoms with E-state index >= 15 is 0 Å². The molecule has 0 spiro atoms. The second kappa shape index (κ2) is 5.94. The second-order valence-corrected chi connectivity index (χ2v) is 4.98. The van der Waals surface area contributed by atoms with Crippen LogP contribution in [0.15, 0.2) is 60.8 Å². The lowest BCUT2D eigenvalue weighted by molar-refractivity contribution is 0.471. The Morgan fingerprint density at radius 2 is 1.76 bits per heavy atom. The Morgan fingerprint density at radius 1 is 0.952 bits per heavy atom. The van der Waals surface area contributed by atoms with Crippen LogP contribution in [-0.2, 0) is 0 Å². The van der Waals surface area contributed by atoms with Crippen molar-refractivity contribution in [3.8, 4) is 11.5 Å². The molecule has 3 rings (SSSR count). The first-order valence-corrected chi connectivity index (χ1v) is 7.07. The molecule has 1 aromatic heterocycles. The third kappa shape index (κ3) is 2.73. The average Bonchev–Trinajstić information content (AvgIpc) is 2.55. The van der Waals surface area contributed by atoms with E-state index < -0.39 is 0 Å². The van der Waals surface area contributed by atoms with Crippen LogP contribution in [-0.4, -0.2) is 12.0 Å². The number of hydrogen-bond acceptors (Lipinski definition) is 3. The molecule has 106 valence electrons. The van der Waals surface area contributed by atoms with Gasteiger partial charge in [-0.2, -0.15) is 0 Å². The minimum absolute atomic E-state index is 0.231. The first kappa shape index (κ1) is 13.6. The minimum Gasteiger partial charge on any atom is -0.456 e. The van der Waals surface area contributed by atoms with Crippen molar-refractivity contribution in [2.75, 3.05) is 7.05 Å². The zero-order chi connectivity index (χ0) is 14.7. The van der Waals surface area contributed by atoms with E-state index in [0.717, 1.165) is 28.0 Å². The van der Waals surface area contributed by atoms with Gasteiger partial charge in [0.15, 0.2) is 0 Å². The molecule has 2 aromatic carbocycles. The molecule has 0 aliphatic carbocycles. The standard InChI is InChI=1S/C18H18N2O/c1-13(19-2)14-7-3-4-10-17(14)21-18-11-5-9-16-15(18)8-6-12-20-16/h3-13,19H,1-2H3. The summed E-state index contributed by atoms with van der Waals surface area (Å²) in [6, 6.07) is 18.2. The predicted octanol–water partition coefficient (Wildman–Crippen LogP) is 4.31. The maximum absolute atomic E-state index is 6.17. The van der Waals surface area contributed by atoms with Crippen LogP contribution in [0.4, 0.5) is 0 Å². The molecule has 0 saturated heterocycles. The highest BCUT2D eigenvalue weighted by atomic mass is 16.5. The van der Waals surface area contributed by atoms with Crippen LogP contribution in [0, 0.1) is 0 Å². The molecule has 0 amide bonds. The number of para-hydroxylation sites is 1. The molecule has 0 radical (unpaired) electrons. The van der Waals surface area contributed by atoms with Crippen molar-refractivity contribution < 1.29 is 4.74 Å². The summed E-state index contributed by atoms with van der Waals surface area (Å²) in [6.45, 7) is 2.12. The lowest BCUT2D eigenvalue weighted by Gasteiger charge is -2.16. The average molecular weight is 278 g/mol. The molecule has 0 fully saturated rings. The van der Waals surface area contributed by atoms with Gasteiger partial charge in [-0.05, 0) is 44.3 Å². The number of ether oxygens (including phenoxy) is 1. The van der Waals surface area contributed by atoms with E-state index in [4.69, 9.17) is 4.74 Å². The number of hydrogen-bond donors (Lipinski definition) is 1. The highest BCUT2D eigenvalue weighted by Crippen LogP contribution is 2.32. The maximum atomic E-state index is 6.17. The first-order valence-electron chi connectivity index (χ1n) is 7.07. The monoisotopic (exact) mass is 278 g/mol. The van der Waals surface area contributed by atoms with Gasteiger partial charge in [0.2, 0.25) is 0 Å². The molecule has 3 nitrogen and oxygen atoms in total. The molecule has 1 unspecified atom stereocenters. The van der Waals surface area contributed by atoms with Gasteiger partial charge in [0.25, 0.3) is 0 Å². The Morgan fingerprint density at radius 3 is 2.62 bits per heavy atom. The third-order valence-corrected chi connectivity index (χ3v) is 3.64. The molecular formula is C18H18N2O. The lowest BCUT2D eigenvalue weighted by atomic mass is 10.1. The van der Waals surface area contributed by atoms with Gasteiger partial charge in [-0.3, -0.25) is 4.98 Å². The molecule has 3 aromatic rings. The molecule has 0 aliphatic rings. The molecule has 0 aliphatic heterocycles. The zero-order valence-corrected chi connectivity index (χ0v) is 12.2. The Balaban J connectivity index is 2.03. The van der Waals surface area contributed by atoms with Gasteiger partial charge in [0.1, 0.15) is 11.5 Å². The summed E-state index contributed by atoms with van der Waals surface area (Å²) in [5.41, 5.74) is 2.08. The largest absolute Gasteiger partial charge is 0.456 e. The van der Waals surface area contributed by atoms with Crippen LogP contribution in [0.25, 0.3) is 10.9 Å². The van der Waals surface area contributed by atoms with Gasteiger partial charge in [-0.1, -0.05) is 24.3 Å². The smallest absolute Gasteiger partial charge is 0.136 e. The summed E-state index contributed by atoms with van der Waals surface area (Å²) < 4.78 is 6.17. The van der Waals surface area contributed by atoms with Crippen molar-refractivity contribution >= 4 is 10.9 Å². The van der Waals surface area contributed by atoms with Crippen molar-refractivity contribution in [3.05, 3.63) is 66.4 Å². The van der Waals surface area contributed by atoms with Crippen LogP contribution in [0.3, 0.4) is 0 Å². The fourth-order valence-corrected chi connectivity index (χ4v) is 2.37. The van der Waals surface area contributed by atoms with Crippen molar-refractivity contribution in [1.29, 1.82) is 0 Å². The normalized spacial score (nSPS) is 12.3. The molecule has 1 atom stereocenters.